The van der Waals surface area contributed by atoms with Gasteiger partial charge in [-0.2, -0.15) is 0 Å². The van der Waals surface area contributed by atoms with Gasteiger partial charge >= 0.3 is 0 Å². The third kappa shape index (κ3) is 2.20. The van der Waals surface area contributed by atoms with Crippen molar-refractivity contribution >= 4 is 0 Å². The van der Waals surface area contributed by atoms with Gasteiger partial charge in [-0.3, -0.25) is 0 Å². The lowest BCUT2D eigenvalue weighted by Gasteiger charge is -2.32. The van der Waals surface area contributed by atoms with E-state index in [4.69, 9.17) is 5.73 Å². The largest absolute Gasteiger partial charge is 0.328 e. The summed E-state index contributed by atoms with van der Waals surface area (Å²) in [6.45, 7) is 5.24. The summed E-state index contributed by atoms with van der Waals surface area (Å²) in [4.78, 5) is 0. The molecule has 4 nitrogen and oxygen atoms in total. The van der Waals surface area contributed by atoms with Gasteiger partial charge in [0.2, 0.25) is 0 Å². The molecule has 0 aromatic carbocycles. The van der Waals surface area contributed by atoms with E-state index in [1.54, 1.807) is 0 Å². The molecule has 1 aromatic rings. The molecule has 4 heteroatoms. The van der Waals surface area contributed by atoms with E-state index in [0.717, 1.165) is 49.8 Å². The molecule has 2 N–H and O–H groups in total. The van der Waals surface area contributed by atoms with Crippen molar-refractivity contribution < 1.29 is 0 Å². The van der Waals surface area contributed by atoms with Crippen LogP contribution in [0.15, 0.2) is 0 Å². The van der Waals surface area contributed by atoms with E-state index in [1.165, 1.54) is 0 Å². The second-order valence-electron chi connectivity index (χ2n) is 4.62. The standard InChI is InChI=1S/C11H20N4/c1-3-4-15-8(2)13-14-11(15)7-9-5-10(12)6-9/h9-10H,3-7,12H2,1-2H3. The van der Waals surface area contributed by atoms with Crippen molar-refractivity contribution in [1.29, 1.82) is 0 Å². The highest BCUT2D eigenvalue weighted by molar-refractivity contribution is 4.98. The Morgan fingerprint density at radius 3 is 2.73 bits per heavy atom. The van der Waals surface area contributed by atoms with E-state index in [2.05, 4.69) is 21.7 Å². The quantitative estimate of drug-likeness (QED) is 0.811. The molecular formula is C11H20N4. The van der Waals surface area contributed by atoms with Crippen molar-refractivity contribution in [2.24, 2.45) is 11.7 Å². The van der Waals surface area contributed by atoms with Gasteiger partial charge in [-0.05, 0) is 32.1 Å². The Kier molecular flexibility index (Phi) is 3.05. The fourth-order valence-electron chi connectivity index (χ4n) is 2.30. The number of hydrogen-bond donors (Lipinski definition) is 1. The second-order valence-corrected chi connectivity index (χ2v) is 4.62. The van der Waals surface area contributed by atoms with Gasteiger partial charge in [0, 0.05) is 19.0 Å². The summed E-state index contributed by atoms with van der Waals surface area (Å²) < 4.78 is 2.24. The Labute approximate surface area is 90.9 Å². The van der Waals surface area contributed by atoms with Gasteiger partial charge in [0.05, 0.1) is 0 Å². The van der Waals surface area contributed by atoms with E-state index in [0.29, 0.717) is 6.04 Å². The Hall–Kier alpha value is -0.900. The molecule has 0 saturated heterocycles. The molecule has 1 aliphatic carbocycles. The fraction of sp³-hybridized carbons (Fsp3) is 0.818. The van der Waals surface area contributed by atoms with Crippen LogP contribution in [0.4, 0.5) is 0 Å². The topological polar surface area (TPSA) is 56.7 Å². The fourth-order valence-corrected chi connectivity index (χ4v) is 2.30. The normalized spacial score (nSPS) is 25.3. The number of aryl methyl sites for hydroxylation is 1. The monoisotopic (exact) mass is 208 g/mol. The Balaban J connectivity index is 2.01. The molecular weight excluding hydrogens is 188 g/mol. The lowest BCUT2D eigenvalue weighted by Crippen LogP contribution is -2.37. The first-order chi connectivity index (χ1) is 7.20. The summed E-state index contributed by atoms with van der Waals surface area (Å²) in [5.74, 6) is 2.92. The van der Waals surface area contributed by atoms with Crippen LogP contribution < -0.4 is 5.73 Å². The maximum absolute atomic E-state index is 5.78. The zero-order valence-corrected chi connectivity index (χ0v) is 9.61. The van der Waals surface area contributed by atoms with E-state index < -0.39 is 0 Å². The smallest absolute Gasteiger partial charge is 0.133 e. The minimum Gasteiger partial charge on any atom is -0.328 e. The van der Waals surface area contributed by atoms with E-state index in [1.807, 2.05) is 6.92 Å². The lowest BCUT2D eigenvalue weighted by molar-refractivity contribution is 0.258. The number of rotatable bonds is 4. The summed E-state index contributed by atoms with van der Waals surface area (Å²) in [7, 11) is 0. The molecule has 0 amide bonds. The molecule has 1 heterocycles. The summed E-state index contributed by atoms with van der Waals surface area (Å²) in [6.07, 6.45) is 4.49. The van der Waals surface area contributed by atoms with E-state index >= 15 is 0 Å². The second kappa shape index (κ2) is 4.31. The molecule has 2 rings (SSSR count). The molecule has 0 unspecified atom stereocenters. The third-order valence-corrected chi connectivity index (χ3v) is 3.20. The maximum Gasteiger partial charge on any atom is 0.133 e. The van der Waals surface area contributed by atoms with Crippen LogP contribution in [0.5, 0.6) is 0 Å². The zero-order chi connectivity index (χ0) is 10.8. The highest BCUT2D eigenvalue weighted by atomic mass is 15.3. The third-order valence-electron chi connectivity index (χ3n) is 3.20. The highest BCUT2D eigenvalue weighted by Crippen LogP contribution is 2.28. The average Bonchev–Trinajstić information content (AvgIpc) is 2.48. The summed E-state index contributed by atoms with van der Waals surface area (Å²) in [5.41, 5.74) is 5.78. The molecule has 0 aliphatic heterocycles. The Morgan fingerprint density at radius 1 is 1.40 bits per heavy atom. The summed E-state index contributed by atoms with van der Waals surface area (Å²) in [5, 5.41) is 8.40. The van der Waals surface area contributed by atoms with Crippen LogP contribution in [0, 0.1) is 12.8 Å². The van der Waals surface area contributed by atoms with Crippen molar-refractivity contribution in [2.75, 3.05) is 0 Å². The van der Waals surface area contributed by atoms with E-state index in [9.17, 15) is 0 Å². The first-order valence-electron chi connectivity index (χ1n) is 5.85. The van der Waals surface area contributed by atoms with Gasteiger partial charge in [0.25, 0.3) is 0 Å². The molecule has 0 radical (unpaired) electrons. The van der Waals surface area contributed by atoms with Crippen molar-refractivity contribution in [1.82, 2.24) is 14.8 Å². The van der Waals surface area contributed by atoms with Crippen molar-refractivity contribution in [3.05, 3.63) is 11.6 Å². The number of nitrogens with zero attached hydrogens (tertiary/aromatic N) is 3. The lowest BCUT2D eigenvalue weighted by atomic mass is 9.78. The number of aromatic nitrogens is 3. The molecule has 84 valence electrons. The van der Waals surface area contributed by atoms with Crippen LogP contribution >= 0.6 is 0 Å². The first kappa shape index (κ1) is 10.6. The molecule has 0 spiro atoms. The predicted molar refractivity (Wildman–Crippen MR) is 59.5 cm³/mol. The van der Waals surface area contributed by atoms with Gasteiger partial charge in [0.15, 0.2) is 0 Å². The van der Waals surface area contributed by atoms with Gasteiger partial charge in [-0.15, -0.1) is 10.2 Å². The Bertz CT molecular complexity index is 325. The van der Waals surface area contributed by atoms with Gasteiger partial charge < -0.3 is 10.3 Å². The van der Waals surface area contributed by atoms with Crippen LogP contribution in [-0.4, -0.2) is 20.8 Å². The van der Waals surface area contributed by atoms with Crippen molar-refractivity contribution in [3.8, 4) is 0 Å². The molecule has 1 saturated carbocycles. The molecule has 1 fully saturated rings. The molecule has 0 atom stereocenters. The molecule has 1 aliphatic rings. The van der Waals surface area contributed by atoms with Crippen molar-refractivity contribution in [3.63, 3.8) is 0 Å². The van der Waals surface area contributed by atoms with Gasteiger partial charge in [-0.25, -0.2) is 0 Å². The molecule has 0 bridgehead atoms. The van der Waals surface area contributed by atoms with E-state index in [-0.39, 0.29) is 0 Å². The molecule has 15 heavy (non-hydrogen) atoms. The van der Waals surface area contributed by atoms with Crippen molar-refractivity contribution in [2.45, 2.75) is 52.1 Å². The van der Waals surface area contributed by atoms with Crippen LogP contribution in [0.1, 0.15) is 37.8 Å². The number of nitrogens with two attached hydrogens (primary N) is 1. The SMILES string of the molecule is CCCn1c(C)nnc1CC1CC(N)C1. The van der Waals surface area contributed by atoms with Crippen LogP contribution in [-0.2, 0) is 13.0 Å². The minimum atomic E-state index is 0.429. The summed E-state index contributed by atoms with van der Waals surface area (Å²) in [6, 6.07) is 0.429. The average molecular weight is 208 g/mol. The predicted octanol–water partition coefficient (Wildman–Crippen LogP) is 1.28. The number of hydrogen-bond acceptors (Lipinski definition) is 3. The molecule has 1 aromatic heterocycles. The first-order valence-corrected chi connectivity index (χ1v) is 5.85. The maximum atomic E-state index is 5.78. The summed E-state index contributed by atoms with van der Waals surface area (Å²) >= 11 is 0. The van der Waals surface area contributed by atoms with Crippen LogP contribution in [0.25, 0.3) is 0 Å². The van der Waals surface area contributed by atoms with Crippen LogP contribution in [0.3, 0.4) is 0 Å². The highest BCUT2D eigenvalue weighted by Gasteiger charge is 2.27. The zero-order valence-electron chi connectivity index (χ0n) is 9.61. The van der Waals surface area contributed by atoms with Crippen LogP contribution in [0.2, 0.25) is 0 Å². The minimum absolute atomic E-state index is 0.429. The van der Waals surface area contributed by atoms with Gasteiger partial charge in [0.1, 0.15) is 11.6 Å². The Morgan fingerprint density at radius 2 is 2.13 bits per heavy atom. The van der Waals surface area contributed by atoms with Gasteiger partial charge in [-0.1, -0.05) is 6.92 Å².